The van der Waals surface area contributed by atoms with Crippen molar-refractivity contribution in [2.45, 2.75) is 64.0 Å². The predicted octanol–water partition coefficient (Wildman–Crippen LogP) is -4.26. The number of nitrogens with one attached hydrogen (secondary N) is 1. The Labute approximate surface area is 194 Å². The topological polar surface area (TPSA) is 47.4 Å². The molecule has 0 saturated heterocycles. The first-order chi connectivity index (χ1) is 13.6. The van der Waals surface area contributed by atoms with E-state index in [1.807, 2.05) is 18.2 Å². The maximum Gasteiger partial charge on any atom is 0.370 e. The molecule has 5 rings (SSSR count). The number of rotatable bonds is 9. The van der Waals surface area contributed by atoms with E-state index in [0.717, 1.165) is 68.8 Å². The van der Waals surface area contributed by atoms with Crippen LogP contribution in [0.15, 0.2) is 30.3 Å². The van der Waals surface area contributed by atoms with Crippen LogP contribution >= 0.6 is 0 Å². The minimum atomic E-state index is -0.232. The normalized spacial score (nSPS) is 29.8. The van der Waals surface area contributed by atoms with Crippen LogP contribution in [0.1, 0.15) is 64.0 Å². The zero-order chi connectivity index (χ0) is 19.6. The van der Waals surface area contributed by atoms with E-state index in [-0.39, 0.29) is 42.4 Å². The van der Waals surface area contributed by atoms with E-state index in [2.05, 4.69) is 31.3 Å². The second kappa shape index (κ2) is 11.2. The van der Waals surface area contributed by atoms with Gasteiger partial charge in [0.05, 0.1) is 13.1 Å². The van der Waals surface area contributed by atoms with Crippen molar-refractivity contribution in [1.29, 1.82) is 0 Å². The van der Waals surface area contributed by atoms with Crippen molar-refractivity contribution in [3.05, 3.63) is 35.9 Å². The first-order valence-corrected chi connectivity index (χ1v) is 11.6. The van der Waals surface area contributed by atoms with Crippen molar-refractivity contribution in [3.63, 3.8) is 0 Å². The zero-order valence-corrected chi connectivity index (χ0v) is 19.9. The molecule has 0 spiro atoms. The molecular weight excluding hydrogens is 419 g/mol. The number of hydrogen-bond donors (Lipinski definition) is 2. The van der Waals surface area contributed by atoms with Crippen LogP contribution in [-0.2, 0) is 9.53 Å². The van der Waals surface area contributed by atoms with E-state index in [9.17, 15) is 4.79 Å². The Kier molecular flexibility index (Phi) is 9.48. The molecule has 170 valence electrons. The molecule has 1 atom stereocenters. The summed E-state index contributed by atoms with van der Waals surface area (Å²) >= 11 is 0. The fraction of sp³-hybridized carbons (Fsp3) is 0.708. The fourth-order valence-electron chi connectivity index (χ4n) is 6.52. The third-order valence-corrected chi connectivity index (χ3v) is 7.61. The Bertz CT molecular complexity index is 631. The van der Waals surface area contributed by atoms with Gasteiger partial charge < -0.3 is 39.8 Å². The highest BCUT2D eigenvalue weighted by atomic mass is 35.5. The van der Waals surface area contributed by atoms with Gasteiger partial charge in [0.1, 0.15) is 18.7 Å². The Morgan fingerprint density at radius 1 is 1.03 bits per heavy atom. The molecule has 1 aromatic rings. The Balaban J connectivity index is 0.00000160. The molecule has 1 aromatic carbocycles. The summed E-state index contributed by atoms with van der Waals surface area (Å²) < 4.78 is 6.40. The van der Waals surface area contributed by atoms with Gasteiger partial charge in [-0.3, -0.25) is 0 Å². The molecule has 4 fully saturated rings. The van der Waals surface area contributed by atoms with E-state index in [4.69, 9.17) is 4.74 Å². The van der Waals surface area contributed by atoms with E-state index in [1.165, 1.54) is 19.3 Å². The summed E-state index contributed by atoms with van der Waals surface area (Å²) in [7, 11) is 0. The lowest BCUT2D eigenvalue weighted by Gasteiger charge is -2.55. The standard InChI is InChI=1S/C24H36N2O2.2ClH/c1-3-26(4-2)11-10-25-22(21-8-6-5-7-9-21)23(27)28-24-15-18-12-19(16-24)14-20(13-18)17-24;;/h5-9,18-20,22,25H,3-4,10-17H2,1-2H3;2*1H. The molecule has 1 unspecified atom stereocenters. The van der Waals surface area contributed by atoms with Crippen LogP contribution in [0.25, 0.3) is 0 Å². The average Bonchev–Trinajstić information content (AvgIpc) is 2.67. The smallest absolute Gasteiger partial charge is 0.370 e. The molecule has 4 aliphatic rings. The molecule has 6 heteroatoms. The van der Waals surface area contributed by atoms with Gasteiger partial charge in [-0.2, -0.15) is 0 Å². The van der Waals surface area contributed by atoms with E-state index < -0.39 is 0 Å². The summed E-state index contributed by atoms with van der Waals surface area (Å²) in [5.41, 5.74) is 0.920. The van der Waals surface area contributed by atoms with Crippen LogP contribution in [-0.4, -0.2) is 37.7 Å². The largest absolute Gasteiger partial charge is 1.00 e. The van der Waals surface area contributed by atoms with Crippen molar-refractivity contribution in [2.75, 3.05) is 26.2 Å². The van der Waals surface area contributed by atoms with Crippen LogP contribution in [0.5, 0.6) is 0 Å². The van der Waals surface area contributed by atoms with Gasteiger partial charge in [0, 0.05) is 5.56 Å². The second-order valence-corrected chi connectivity index (χ2v) is 9.64. The number of ether oxygens (including phenoxy) is 1. The molecule has 4 nitrogen and oxygen atoms in total. The molecular formula is C24H38Cl2N2O2. The van der Waals surface area contributed by atoms with Crippen LogP contribution in [0.2, 0.25) is 0 Å². The van der Waals surface area contributed by atoms with Crippen LogP contribution in [0.4, 0.5) is 0 Å². The van der Waals surface area contributed by atoms with Gasteiger partial charge in [-0.05, 0) is 70.1 Å². The van der Waals surface area contributed by atoms with Gasteiger partial charge in [0.2, 0.25) is 6.04 Å². The number of esters is 1. The van der Waals surface area contributed by atoms with E-state index in [1.54, 1.807) is 4.90 Å². The number of benzene rings is 1. The van der Waals surface area contributed by atoms with Crippen molar-refractivity contribution < 1.29 is 44.6 Å². The highest BCUT2D eigenvalue weighted by molar-refractivity contribution is 5.76. The molecule has 30 heavy (non-hydrogen) atoms. The van der Waals surface area contributed by atoms with Crippen molar-refractivity contribution in [2.24, 2.45) is 17.8 Å². The summed E-state index contributed by atoms with van der Waals surface area (Å²) in [6, 6.07) is 10.0. The molecule has 4 bridgehead atoms. The molecule has 3 N–H and O–H groups in total. The first kappa shape index (κ1) is 25.5. The Morgan fingerprint density at radius 2 is 1.57 bits per heavy atom. The quantitative estimate of drug-likeness (QED) is 0.369. The highest BCUT2D eigenvalue weighted by Crippen LogP contribution is 2.57. The minimum absolute atomic E-state index is 0. The zero-order valence-electron chi connectivity index (χ0n) is 18.4. The number of carbonyl (C=O) groups excluding carboxylic acids is 1. The second-order valence-electron chi connectivity index (χ2n) is 9.64. The number of likely N-dealkylation sites (N-methyl/N-ethyl adjacent to an activating group) is 1. The number of nitrogens with two attached hydrogens (primary N) is 1. The van der Waals surface area contributed by atoms with Gasteiger partial charge in [-0.15, -0.1) is 0 Å². The summed E-state index contributed by atoms with van der Waals surface area (Å²) in [6.45, 7) is 8.77. The maximum absolute atomic E-state index is 13.4. The summed E-state index contributed by atoms with van der Waals surface area (Å²) in [5, 5.41) is 2.21. The monoisotopic (exact) mass is 456 g/mol. The first-order valence-electron chi connectivity index (χ1n) is 11.6. The third kappa shape index (κ3) is 5.70. The maximum atomic E-state index is 13.4. The minimum Gasteiger partial charge on any atom is -1.00 e. The summed E-state index contributed by atoms with van der Waals surface area (Å²) in [6.07, 6.45) is 7.44. The molecule has 4 aliphatic carbocycles. The lowest BCUT2D eigenvalue weighted by atomic mass is 9.54. The van der Waals surface area contributed by atoms with Crippen molar-refractivity contribution in [1.82, 2.24) is 0 Å². The predicted molar refractivity (Wildman–Crippen MR) is 110 cm³/mol. The average molecular weight is 457 g/mol. The van der Waals surface area contributed by atoms with Gasteiger partial charge in [0.15, 0.2) is 0 Å². The lowest BCUT2D eigenvalue weighted by molar-refractivity contribution is -0.910. The molecule has 0 heterocycles. The third-order valence-electron chi connectivity index (χ3n) is 7.61. The SMILES string of the molecule is CC[NH+](CC)CC[NH2+]C(C(=O)OC12CC3CC(CC(C3)C1)C2)c1ccccc1.[Cl-].[Cl-]. The van der Waals surface area contributed by atoms with Gasteiger partial charge in [0.25, 0.3) is 0 Å². The Morgan fingerprint density at radius 3 is 2.07 bits per heavy atom. The Hall–Kier alpha value is -0.810. The molecule has 4 saturated carbocycles. The number of halogens is 2. The number of quaternary nitrogens is 2. The van der Waals surface area contributed by atoms with E-state index in [0.29, 0.717) is 0 Å². The molecule has 0 aliphatic heterocycles. The fourth-order valence-corrected chi connectivity index (χ4v) is 6.52. The van der Waals surface area contributed by atoms with Gasteiger partial charge in [-0.25, -0.2) is 4.79 Å². The number of hydrogen-bond acceptors (Lipinski definition) is 2. The summed E-state index contributed by atoms with van der Waals surface area (Å²) in [4.78, 5) is 15.0. The van der Waals surface area contributed by atoms with Crippen molar-refractivity contribution >= 4 is 5.97 Å². The van der Waals surface area contributed by atoms with Crippen LogP contribution < -0.4 is 35.0 Å². The number of carbonyl (C=O) groups is 1. The lowest BCUT2D eigenvalue weighted by Crippen LogP contribution is -3.14. The van der Waals surface area contributed by atoms with E-state index >= 15 is 0 Å². The molecule has 0 aromatic heterocycles. The molecule has 0 radical (unpaired) electrons. The molecule has 0 amide bonds. The van der Waals surface area contributed by atoms with Gasteiger partial charge in [-0.1, -0.05) is 30.3 Å². The van der Waals surface area contributed by atoms with Crippen molar-refractivity contribution in [3.8, 4) is 0 Å². The van der Waals surface area contributed by atoms with Crippen LogP contribution in [0.3, 0.4) is 0 Å². The summed E-state index contributed by atoms with van der Waals surface area (Å²) in [5.74, 6) is 2.38. The van der Waals surface area contributed by atoms with Gasteiger partial charge >= 0.3 is 5.97 Å². The highest BCUT2D eigenvalue weighted by Gasteiger charge is 2.53. The van der Waals surface area contributed by atoms with Crippen LogP contribution in [0, 0.1) is 17.8 Å².